The molecule has 1 aromatic carbocycles. The molecule has 4 aromatic rings. The highest BCUT2D eigenvalue weighted by molar-refractivity contribution is 7.47. The quantitative estimate of drug-likeness (QED) is 0.244. The van der Waals surface area contributed by atoms with Gasteiger partial charge in [0.15, 0.2) is 0 Å². The fraction of sp³-hybridized carbons (Fsp3) is 0.120. The van der Waals surface area contributed by atoms with Crippen LogP contribution in [0.5, 0.6) is 0 Å². The molecule has 3 aromatic heterocycles. The Morgan fingerprint density at radius 2 is 2.03 bits per heavy atom. The van der Waals surface area contributed by atoms with E-state index in [4.69, 9.17) is 9.05 Å². The van der Waals surface area contributed by atoms with Gasteiger partial charge in [-0.2, -0.15) is 5.26 Å². The maximum atomic E-state index is 12.1. The first-order valence-corrected chi connectivity index (χ1v) is 12.3. The lowest BCUT2D eigenvalue weighted by molar-refractivity contribution is -0.111. The second-order valence-corrected chi connectivity index (χ2v) is 9.05. The van der Waals surface area contributed by atoms with Gasteiger partial charge in [0.1, 0.15) is 12.4 Å². The van der Waals surface area contributed by atoms with Crippen molar-refractivity contribution < 1.29 is 23.3 Å². The average molecular weight is 503 g/mol. The van der Waals surface area contributed by atoms with Gasteiger partial charge in [0.25, 0.3) is 0 Å². The number of phosphoric ester groups is 1. The standard InChI is InChI=1S/C25H22N5O5P/c1-3-24(31)29-21-9-19(12-27-14-21)20-10-22-23(18-7-5-6-17(8-18)11-26)15-30(25(22)28-13-20)16-35-36(32,33)34-4-2/h3,5-10,12-15H,1,4,16H2,2H3,(H,29,31)(H,32,33). The van der Waals surface area contributed by atoms with E-state index in [2.05, 4.69) is 27.9 Å². The van der Waals surface area contributed by atoms with Crippen LogP contribution in [0.2, 0.25) is 0 Å². The van der Waals surface area contributed by atoms with Crippen LogP contribution < -0.4 is 5.32 Å². The number of aromatic nitrogens is 3. The number of carbonyl (C=O) groups is 1. The van der Waals surface area contributed by atoms with Gasteiger partial charge in [-0.1, -0.05) is 18.7 Å². The van der Waals surface area contributed by atoms with Gasteiger partial charge in [-0.25, -0.2) is 9.55 Å². The van der Waals surface area contributed by atoms with Crippen LogP contribution in [0.3, 0.4) is 0 Å². The molecule has 2 N–H and O–H groups in total. The number of carbonyl (C=O) groups excluding carboxylic acids is 1. The van der Waals surface area contributed by atoms with Crippen LogP contribution in [0.4, 0.5) is 5.69 Å². The second kappa shape index (κ2) is 10.6. The summed E-state index contributed by atoms with van der Waals surface area (Å²) in [7, 11) is -4.23. The molecule has 0 saturated carbocycles. The molecule has 10 nitrogen and oxygen atoms in total. The van der Waals surface area contributed by atoms with E-state index in [1.54, 1.807) is 54.3 Å². The molecule has 1 amide bonds. The maximum absolute atomic E-state index is 12.1. The summed E-state index contributed by atoms with van der Waals surface area (Å²) in [5, 5.41) is 12.7. The smallest absolute Gasteiger partial charge is 0.321 e. The Labute approximate surface area is 207 Å². The van der Waals surface area contributed by atoms with Crippen molar-refractivity contribution in [2.75, 3.05) is 11.9 Å². The summed E-state index contributed by atoms with van der Waals surface area (Å²) in [5.74, 6) is -0.354. The number of pyridine rings is 2. The lowest BCUT2D eigenvalue weighted by Gasteiger charge is -2.11. The zero-order valence-electron chi connectivity index (χ0n) is 19.3. The molecule has 4 rings (SSSR count). The molecule has 1 atom stereocenters. The Morgan fingerprint density at radius 1 is 1.22 bits per heavy atom. The highest BCUT2D eigenvalue weighted by atomic mass is 31.2. The van der Waals surface area contributed by atoms with Crippen LogP contribution in [0.1, 0.15) is 12.5 Å². The third kappa shape index (κ3) is 5.57. The number of nitrogens with zero attached hydrogens (tertiary/aromatic N) is 4. The summed E-state index contributed by atoms with van der Waals surface area (Å²) < 4.78 is 23.6. The normalized spacial score (nSPS) is 12.6. The molecule has 1 unspecified atom stereocenters. The second-order valence-electron chi connectivity index (χ2n) is 7.60. The molecule has 0 aliphatic rings. The van der Waals surface area contributed by atoms with Crippen LogP contribution in [0, 0.1) is 11.3 Å². The number of phosphoric acid groups is 1. The van der Waals surface area contributed by atoms with Crippen molar-refractivity contribution in [3.05, 3.63) is 79.4 Å². The van der Waals surface area contributed by atoms with E-state index in [1.807, 2.05) is 12.1 Å². The number of benzene rings is 1. The first-order chi connectivity index (χ1) is 17.3. The molecule has 0 saturated heterocycles. The molecule has 0 fully saturated rings. The predicted octanol–water partition coefficient (Wildman–Crippen LogP) is 4.87. The van der Waals surface area contributed by atoms with Gasteiger partial charge >= 0.3 is 7.82 Å². The number of rotatable bonds is 9. The lowest BCUT2D eigenvalue weighted by Crippen LogP contribution is -2.07. The number of nitriles is 1. The third-order valence-corrected chi connectivity index (χ3v) is 6.22. The summed E-state index contributed by atoms with van der Waals surface area (Å²) in [6.45, 7) is 4.78. The van der Waals surface area contributed by atoms with Crippen molar-refractivity contribution in [1.82, 2.24) is 14.5 Å². The largest absolute Gasteiger partial charge is 0.473 e. The molecule has 0 aliphatic heterocycles. The monoisotopic (exact) mass is 503 g/mol. The Morgan fingerprint density at radius 3 is 2.78 bits per heavy atom. The average Bonchev–Trinajstić information content (AvgIpc) is 3.25. The van der Waals surface area contributed by atoms with Gasteiger partial charge in [-0.05, 0) is 42.8 Å². The number of amides is 1. The summed E-state index contributed by atoms with van der Waals surface area (Å²) in [6.07, 6.45) is 7.71. The van der Waals surface area contributed by atoms with Gasteiger partial charge < -0.3 is 14.8 Å². The Kier molecular flexibility index (Phi) is 7.38. The fourth-order valence-corrected chi connectivity index (χ4v) is 4.28. The van der Waals surface area contributed by atoms with E-state index < -0.39 is 7.82 Å². The Hall–Kier alpha value is -4.13. The van der Waals surface area contributed by atoms with Crippen molar-refractivity contribution in [2.45, 2.75) is 13.7 Å². The zero-order valence-corrected chi connectivity index (χ0v) is 20.2. The van der Waals surface area contributed by atoms with E-state index in [1.165, 1.54) is 12.3 Å². The molecule has 0 aliphatic carbocycles. The van der Waals surface area contributed by atoms with Gasteiger partial charge in [0.05, 0.1) is 30.1 Å². The van der Waals surface area contributed by atoms with E-state index in [9.17, 15) is 19.5 Å². The van der Waals surface area contributed by atoms with Crippen molar-refractivity contribution in [1.29, 1.82) is 5.26 Å². The number of nitrogens with one attached hydrogen (secondary N) is 1. The molecule has 3 heterocycles. The maximum Gasteiger partial charge on any atom is 0.473 e. The summed E-state index contributed by atoms with van der Waals surface area (Å²) in [6, 6.07) is 12.9. The molecule has 0 bridgehead atoms. The topological polar surface area (TPSA) is 139 Å². The molecule has 0 spiro atoms. The van der Waals surface area contributed by atoms with Gasteiger partial charge in [0, 0.05) is 40.7 Å². The van der Waals surface area contributed by atoms with E-state index in [0.29, 0.717) is 22.5 Å². The van der Waals surface area contributed by atoms with Crippen LogP contribution in [0.25, 0.3) is 33.3 Å². The van der Waals surface area contributed by atoms with Crippen molar-refractivity contribution >= 4 is 30.5 Å². The predicted molar refractivity (Wildman–Crippen MR) is 134 cm³/mol. The molecule has 36 heavy (non-hydrogen) atoms. The van der Waals surface area contributed by atoms with Crippen LogP contribution in [-0.4, -0.2) is 31.9 Å². The number of fused-ring (bicyclic) bond motifs is 1. The van der Waals surface area contributed by atoms with Crippen LogP contribution in [0.15, 0.2) is 73.8 Å². The number of hydrogen-bond acceptors (Lipinski definition) is 7. The van der Waals surface area contributed by atoms with E-state index in [0.717, 1.165) is 22.1 Å². The van der Waals surface area contributed by atoms with E-state index in [-0.39, 0.29) is 19.2 Å². The van der Waals surface area contributed by atoms with Gasteiger partial charge in [-0.3, -0.25) is 18.8 Å². The van der Waals surface area contributed by atoms with Crippen LogP contribution in [-0.2, 0) is 25.1 Å². The SMILES string of the molecule is C=CC(=O)Nc1cncc(-c2cnc3c(c2)c(-c2cccc(C#N)c2)cn3COP(=O)(O)OCC)c1. The lowest BCUT2D eigenvalue weighted by atomic mass is 10.0. The van der Waals surface area contributed by atoms with Crippen molar-refractivity contribution in [3.8, 4) is 28.3 Å². The third-order valence-electron chi connectivity index (χ3n) is 5.19. The Balaban J connectivity index is 1.81. The van der Waals surface area contributed by atoms with Crippen molar-refractivity contribution in [2.24, 2.45) is 0 Å². The van der Waals surface area contributed by atoms with Gasteiger partial charge in [-0.15, -0.1) is 0 Å². The number of hydrogen-bond donors (Lipinski definition) is 2. The molecular formula is C25H22N5O5P. The fourth-order valence-electron chi connectivity index (χ4n) is 3.61. The highest BCUT2D eigenvalue weighted by Crippen LogP contribution is 2.44. The number of anilines is 1. The summed E-state index contributed by atoms with van der Waals surface area (Å²) in [5.41, 5.74) is 4.43. The van der Waals surface area contributed by atoms with E-state index >= 15 is 0 Å². The minimum atomic E-state index is -4.23. The molecule has 182 valence electrons. The van der Waals surface area contributed by atoms with Gasteiger partial charge in [0.2, 0.25) is 5.91 Å². The minimum absolute atomic E-state index is 0.0222. The molecule has 11 heteroatoms. The molecular weight excluding hydrogens is 481 g/mol. The molecule has 0 radical (unpaired) electrons. The van der Waals surface area contributed by atoms with Crippen LogP contribution >= 0.6 is 7.82 Å². The minimum Gasteiger partial charge on any atom is -0.321 e. The Bertz CT molecular complexity index is 1540. The summed E-state index contributed by atoms with van der Waals surface area (Å²) in [4.78, 5) is 30.3. The van der Waals surface area contributed by atoms with Crippen molar-refractivity contribution in [3.63, 3.8) is 0 Å². The zero-order chi connectivity index (χ0) is 25.7. The summed E-state index contributed by atoms with van der Waals surface area (Å²) >= 11 is 0. The highest BCUT2D eigenvalue weighted by Gasteiger charge is 2.22. The first kappa shape index (κ1) is 25.0. The first-order valence-electron chi connectivity index (χ1n) is 10.8.